The zero-order chi connectivity index (χ0) is 22.4. The number of hydrogen-bond acceptors (Lipinski definition) is 5. The SMILES string of the molecule is C=CCOc1ccc([C@H]2C(=C(O)c3ccncc3)C(=O)C(=O)N2CCC[NH+](C)C)cc1. The van der Waals surface area contributed by atoms with E-state index in [1.165, 1.54) is 17.3 Å². The van der Waals surface area contributed by atoms with Crippen LogP contribution >= 0.6 is 0 Å². The summed E-state index contributed by atoms with van der Waals surface area (Å²) in [4.78, 5) is 32.6. The lowest BCUT2D eigenvalue weighted by Crippen LogP contribution is -3.05. The third-order valence-electron chi connectivity index (χ3n) is 5.13. The summed E-state index contributed by atoms with van der Waals surface area (Å²) in [5.41, 5.74) is 1.27. The second kappa shape index (κ2) is 10.0. The Bertz CT molecular complexity index is 968. The summed E-state index contributed by atoms with van der Waals surface area (Å²) >= 11 is 0. The molecule has 2 N–H and O–H groups in total. The molecule has 1 aliphatic rings. The van der Waals surface area contributed by atoms with E-state index in [2.05, 4.69) is 11.6 Å². The number of aromatic nitrogens is 1. The average molecular weight is 423 g/mol. The number of quaternary nitrogens is 1. The van der Waals surface area contributed by atoms with Crippen molar-refractivity contribution in [1.82, 2.24) is 9.88 Å². The molecule has 1 aromatic carbocycles. The second-order valence-electron chi connectivity index (χ2n) is 7.71. The summed E-state index contributed by atoms with van der Waals surface area (Å²) in [5, 5.41) is 11.0. The van der Waals surface area contributed by atoms with Crippen LogP contribution in [0.5, 0.6) is 5.75 Å². The molecule has 1 saturated heterocycles. The number of aliphatic hydroxyl groups excluding tert-OH is 1. The molecule has 0 saturated carbocycles. The van der Waals surface area contributed by atoms with Gasteiger partial charge in [-0.25, -0.2) is 0 Å². The molecule has 0 radical (unpaired) electrons. The summed E-state index contributed by atoms with van der Waals surface area (Å²) in [6, 6.07) is 9.77. The molecule has 7 heteroatoms. The fraction of sp³-hybridized carbons (Fsp3) is 0.292. The van der Waals surface area contributed by atoms with Crippen LogP contribution in [0.25, 0.3) is 5.76 Å². The largest absolute Gasteiger partial charge is 0.507 e. The number of nitrogens with zero attached hydrogens (tertiary/aromatic N) is 2. The van der Waals surface area contributed by atoms with Gasteiger partial charge in [-0.2, -0.15) is 0 Å². The van der Waals surface area contributed by atoms with Crippen molar-refractivity contribution < 1.29 is 24.3 Å². The van der Waals surface area contributed by atoms with E-state index < -0.39 is 17.7 Å². The predicted molar refractivity (Wildman–Crippen MR) is 118 cm³/mol. The van der Waals surface area contributed by atoms with Gasteiger partial charge in [-0.15, -0.1) is 0 Å². The molecular weight excluding hydrogens is 394 g/mol. The molecule has 1 aliphatic heterocycles. The maximum absolute atomic E-state index is 13.0. The van der Waals surface area contributed by atoms with Crippen molar-refractivity contribution in [1.29, 1.82) is 0 Å². The number of amides is 1. The lowest BCUT2D eigenvalue weighted by atomic mass is 9.95. The molecule has 3 rings (SSSR count). The third kappa shape index (κ3) is 5.00. The van der Waals surface area contributed by atoms with Gasteiger partial charge >= 0.3 is 0 Å². The number of likely N-dealkylation sites (tertiary alicyclic amines) is 1. The highest BCUT2D eigenvalue weighted by molar-refractivity contribution is 6.46. The Morgan fingerprint density at radius 1 is 1.19 bits per heavy atom. The summed E-state index contributed by atoms with van der Waals surface area (Å²) in [6.45, 7) is 5.29. The van der Waals surface area contributed by atoms with Gasteiger partial charge < -0.3 is 19.6 Å². The van der Waals surface area contributed by atoms with Crippen molar-refractivity contribution in [3.05, 3.63) is 78.1 Å². The van der Waals surface area contributed by atoms with E-state index in [1.807, 2.05) is 26.2 Å². The maximum atomic E-state index is 13.0. The van der Waals surface area contributed by atoms with E-state index in [9.17, 15) is 14.7 Å². The van der Waals surface area contributed by atoms with Crippen molar-refractivity contribution in [2.24, 2.45) is 0 Å². The van der Waals surface area contributed by atoms with Gasteiger partial charge in [0.1, 0.15) is 18.1 Å². The third-order valence-corrected chi connectivity index (χ3v) is 5.13. The number of ether oxygens (including phenoxy) is 1. The number of ketones is 1. The summed E-state index contributed by atoms with van der Waals surface area (Å²) in [7, 11) is 4.08. The van der Waals surface area contributed by atoms with Crippen LogP contribution in [-0.2, 0) is 9.59 Å². The van der Waals surface area contributed by atoms with Crippen molar-refractivity contribution in [2.45, 2.75) is 12.5 Å². The zero-order valence-corrected chi connectivity index (χ0v) is 17.9. The highest BCUT2D eigenvalue weighted by atomic mass is 16.5. The first kappa shape index (κ1) is 22.2. The van der Waals surface area contributed by atoms with E-state index in [-0.39, 0.29) is 11.3 Å². The van der Waals surface area contributed by atoms with Crippen LogP contribution in [0.2, 0.25) is 0 Å². The molecular formula is C24H28N3O4+. The van der Waals surface area contributed by atoms with E-state index in [1.54, 1.807) is 35.2 Å². The molecule has 31 heavy (non-hydrogen) atoms. The molecule has 162 valence electrons. The number of carbonyl (C=O) groups excluding carboxylic acids is 2. The van der Waals surface area contributed by atoms with E-state index >= 15 is 0 Å². The van der Waals surface area contributed by atoms with E-state index in [4.69, 9.17) is 4.74 Å². The Labute approximate surface area is 182 Å². The van der Waals surface area contributed by atoms with Gasteiger partial charge in [-0.3, -0.25) is 14.6 Å². The fourth-order valence-electron chi connectivity index (χ4n) is 3.63. The number of rotatable bonds is 9. The predicted octanol–water partition coefficient (Wildman–Crippen LogP) is 1.60. The van der Waals surface area contributed by atoms with Crippen LogP contribution in [0.4, 0.5) is 0 Å². The van der Waals surface area contributed by atoms with Crippen LogP contribution in [-0.4, -0.2) is 60.5 Å². The van der Waals surface area contributed by atoms with Gasteiger partial charge in [0.05, 0.1) is 32.3 Å². The topological polar surface area (TPSA) is 84.2 Å². The molecule has 1 atom stereocenters. The van der Waals surface area contributed by atoms with Crippen LogP contribution in [0.15, 0.2) is 67.0 Å². The average Bonchev–Trinajstić information content (AvgIpc) is 3.03. The molecule has 0 unspecified atom stereocenters. The second-order valence-corrected chi connectivity index (χ2v) is 7.71. The molecule has 2 heterocycles. The van der Waals surface area contributed by atoms with Crippen molar-refractivity contribution in [2.75, 3.05) is 33.8 Å². The van der Waals surface area contributed by atoms with Gasteiger partial charge in [-0.05, 0) is 29.8 Å². The normalized spacial score (nSPS) is 17.9. The van der Waals surface area contributed by atoms with Crippen LogP contribution in [0.3, 0.4) is 0 Å². The van der Waals surface area contributed by atoms with Crippen LogP contribution < -0.4 is 9.64 Å². The first-order valence-electron chi connectivity index (χ1n) is 10.3. The fourth-order valence-corrected chi connectivity index (χ4v) is 3.63. The smallest absolute Gasteiger partial charge is 0.295 e. The quantitative estimate of drug-likeness (QED) is 0.278. The molecule has 7 nitrogen and oxygen atoms in total. The molecule has 0 spiro atoms. The molecule has 1 aromatic heterocycles. The van der Waals surface area contributed by atoms with Crippen LogP contribution in [0.1, 0.15) is 23.6 Å². The number of carbonyl (C=O) groups is 2. The Morgan fingerprint density at radius 2 is 1.87 bits per heavy atom. The van der Waals surface area contributed by atoms with Gasteiger partial charge in [0.2, 0.25) is 0 Å². The maximum Gasteiger partial charge on any atom is 0.295 e. The Hall–Kier alpha value is -3.45. The Morgan fingerprint density at radius 3 is 2.48 bits per heavy atom. The molecule has 0 bridgehead atoms. The first-order valence-corrected chi connectivity index (χ1v) is 10.3. The first-order chi connectivity index (χ1) is 14.9. The van der Waals surface area contributed by atoms with Gasteiger partial charge in [0.25, 0.3) is 11.7 Å². The zero-order valence-electron chi connectivity index (χ0n) is 17.9. The monoisotopic (exact) mass is 422 g/mol. The Kier molecular flexibility index (Phi) is 7.20. The minimum absolute atomic E-state index is 0.0909. The highest BCUT2D eigenvalue weighted by Gasteiger charge is 2.45. The lowest BCUT2D eigenvalue weighted by molar-refractivity contribution is -0.858. The van der Waals surface area contributed by atoms with Crippen molar-refractivity contribution >= 4 is 17.4 Å². The number of aliphatic hydroxyl groups is 1. The van der Waals surface area contributed by atoms with E-state index in [0.717, 1.165) is 18.5 Å². The summed E-state index contributed by atoms with van der Waals surface area (Å²) in [5.74, 6) is -0.811. The van der Waals surface area contributed by atoms with Crippen LogP contribution in [0, 0.1) is 0 Å². The number of benzene rings is 1. The number of hydrogen-bond donors (Lipinski definition) is 2. The Balaban J connectivity index is 2.02. The summed E-state index contributed by atoms with van der Waals surface area (Å²) in [6.07, 6.45) is 5.46. The minimum atomic E-state index is -0.677. The van der Waals surface area contributed by atoms with Crippen molar-refractivity contribution in [3.8, 4) is 5.75 Å². The lowest BCUT2D eigenvalue weighted by Gasteiger charge is -2.25. The van der Waals surface area contributed by atoms with Gasteiger partial charge in [-0.1, -0.05) is 24.8 Å². The molecule has 0 aliphatic carbocycles. The molecule has 1 amide bonds. The minimum Gasteiger partial charge on any atom is -0.507 e. The molecule has 1 fully saturated rings. The number of pyridine rings is 1. The standard InChI is InChI=1S/C24H27N3O4/c1-4-16-31-19-8-6-17(7-9-19)21-20(22(28)18-10-12-25-13-11-18)23(29)24(30)27(21)15-5-14-26(2)3/h4,6-13,21,28H,1,5,14-16H2,2-3H3/p+1/t21-/m0/s1. The van der Waals surface area contributed by atoms with E-state index in [0.29, 0.717) is 24.5 Å². The number of Topliss-reactive ketones (excluding diaryl/α,β-unsaturated/α-hetero) is 1. The van der Waals surface area contributed by atoms with Gasteiger partial charge in [0, 0.05) is 30.9 Å². The molecule has 2 aromatic rings. The number of nitrogens with one attached hydrogen (secondary N) is 1. The van der Waals surface area contributed by atoms with Crippen molar-refractivity contribution in [3.63, 3.8) is 0 Å². The summed E-state index contributed by atoms with van der Waals surface area (Å²) < 4.78 is 5.54. The van der Waals surface area contributed by atoms with Gasteiger partial charge in [0.15, 0.2) is 0 Å². The highest BCUT2D eigenvalue weighted by Crippen LogP contribution is 2.39.